The molecule has 0 bridgehead atoms. The third kappa shape index (κ3) is 2.31. The van der Waals surface area contributed by atoms with Gasteiger partial charge in [-0.2, -0.15) is 0 Å². The summed E-state index contributed by atoms with van der Waals surface area (Å²) in [5.41, 5.74) is 0. The van der Waals surface area contributed by atoms with Crippen LogP contribution in [0.2, 0.25) is 0 Å². The van der Waals surface area contributed by atoms with Crippen LogP contribution < -0.4 is 5.32 Å². The quantitative estimate of drug-likeness (QED) is 0.594. The molecule has 1 aliphatic rings. The summed E-state index contributed by atoms with van der Waals surface area (Å²) in [7, 11) is 1.92. The van der Waals surface area contributed by atoms with Crippen LogP contribution in [0.5, 0.6) is 0 Å². The van der Waals surface area contributed by atoms with Crippen molar-refractivity contribution in [1.82, 2.24) is 5.32 Å². The van der Waals surface area contributed by atoms with Crippen LogP contribution in [-0.4, -0.2) is 24.8 Å². The highest BCUT2D eigenvalue weighted by atomic mass is 16.3. The zero-order chi connectivity index (χ0) is 8.10. The van der Waals surface area contributed by atoms with E-state index in [0.29, 0.717) is 12.0 Å². The predicted molar refractivity (Wildman–Crippen MR) is 46.4 cm³/mol. The van der Waals surface area contributed by atoms with E-state index < -0.39 is 0 Å². The Hall–Kier alpha value is -0.340. The Morgan fingerprint density at radius 2 is 2.45 bits per heavy atom. The van der Waals surface area contributed by atoms with Crippen molar-refractivity contribution in [2.75, 3.05) is 13.7 Å². The molecule has 1 rings (SSSR count). The lowest BCUT2D eigenvalue weighted by Crippen LogP contribution is -2.37. The third-order valence-corrected chi connectivity index (χ3v) is 2.45. The van der Waals surface area contributed by atoms with E-state index in [1.54, 1.807) is 0 Å². The van der Waals surface area contributed by atoms with Gasteiger partial charge in [0.25, 0.3) is 0 Å². The first kappa shape index (κ1) is 8.75. The number of likely N-dealkylation sites (N-methyl/N-ethyl adjacent to an activating group) is 1. The fraction of sp³-hybridized carbons (Fsp3) is 0.778. The van der Waals surface area contributed by atoms with Crippen LogP contribution in [-0.2, 0) is 0 Å². The largest absolute Gasteiger partial charge is 0.395 e. The van der Waals surface area contributed by atoms with Gasteiger partial charge in [-0.1, -0.05) is 12.2 Å². The second kappa shape index (κ2) is 4.52. The molecular weight excluding hydrogens is 138 g/mol. The Morgan fingerprint density at radius 3 is 2.91 bits per heavy atom. The van der Waals surface area contributed by atoms with Gasteiger partial charge < -0.3 is 10.4 Å². The van der Waals surface area contributed by atoms with E-state index in [4.69, 9.17) is 5.11 Å². The van der Waals surface area contributed by atoms with Crippen LogP contribution in [0.25, 0.3) is 0 Å². The molecule has 0 aliphatic heterocycles. The second-order valence-electron chi connectivity index (χ2n) is 3.12. The van der Waals surface area contributed by atoms with Crippen LogP contribution in [0, 0.1) is 5.92 Å². The molecule has 2 unspecified atom stereocenters. The van der Waals surface area contributed by atoms with E-state index in [2.05, 4.69) is 17.5 Å². The standard InChI is InChI=1S/C9H17NO/c1-10-9(7-11)8-5-3-2-4-6-8/h2-3,8-11H,4-7H2,1H3. The van der Waals surface area contributed by atoms with Gasteiger partial charge >= 0.3 is 0 Å². The number of rotatable bonds is 3. The van der Waals surface area contributed by atoms with E-state index in [9.17, 15) is 0 Å². The maximum absolute atomic E-state index is 8.99. The third-order valence-electron chi connectivity index (χ3n) is 2.45. The Labute approximate surface area is 68.3 Å². The molecule has 0 saturated heterocycles. The molecule has 0 spiro atoms. The van der Waals surface area contributed by atoms with Crippen molar-refractivity contribution in [2.45, 2.75) is 25.3 Å². The number of hydrogen-bond acceptors (Lipinski definition) is 2. The van der Waals surface area contributed by atoms with Gasteiger partial charge in [0, 0.05) is 6.04 Å². The zero-order valence-corrected chi connectivity index (χ0v) is 7.09. The van der Waals surface area contributed by atoms with E-state index in [1.165, 1.54) is 12.8 Å². The molecule has 2 heteroatoms. The molecule has 0 amide bonds. The first-order chi connectivity index (χ1) is 5.38. The zero-order valence-electron chi connectivity index (χ0n) is 7.09. The summed E-state index contributed by atoms with van der Waals surface area (Å²) in [6, 6.07) is 0.292. The molecule has 0 aromatic rings. The van der Waals surface area contributed by atoms with E-state index in [-0.39, 0.29) is 6.61 Å². The lowest BCUT2D eigenvalue weighted by Gasteiger charge is -2.25. The van der Waals surface area contributed by atoms with Crippen molar-refractivity contribution < 1.29 is 5.11 Å². The van der Waals surface area contributed by atoms with Gasteiger partial charge in [-0.3, -0.25) is 0 Å². The molecule has 0 heterocycles. The fourth-order valence-corrected chi connectivity index (χ4v) is 1.66. The maximum Gasteiger partial charge on any atom is 0.0587 e. The van der Waals surface area contributed by atoms with Gasteiger partial charge in [-0.05, 0) is 32.2 Å². The van der Waals surface area contributed by atoms with Gasteiger partial charge in [-0.15, -0.1) is 0 Å². The molecule has 11 heavy (non-hydrogen) atoms. The lowest BCUT2D eigenvalue weighted by atomic mass is 9.88. The Bertz CT molecular complexity index is 130. The van der Waals surface area contributed by atoms with Crippen molar-refractivity contribution in [1.29, 1.82) is 0 Å². The molecule has 0 saturated carbocycles. The molecule has 2 nitrogen and oxygen atoms in total. The van der Waals surface area contributed by atoms with Crippen molar-refractivity contribution in [3.63, 3.8) is 0 Å². The summed E-state index contributed by atoms with van der Waals surface area (Å²) < 4.78 is 0. The van der Waals surface area contributed by atoms with Crippen LogP contribution in [0.15, 0.2) is 12.2 Å². The minimum Gasteiger partial charge on any atom is -0.395 e. The first-order valence-electron chi connectivity index (χ1n) is 4.31. The molecule has 2 N–H and O–H groups in total. The molecule has 0 radical (unpaired) electrons. The van der Waals surface area contributed by atoms with Gasteiger partial charge in [0.15, 0.2) is 0 Å². The number of hydrogen-bond donors (Lipinski definition) is 2. The monoisotopic (exact) mass is 155 g/mol. The van der Waals surface area contributed by atoms with Gasteiger partial charge in [0.1, 0.15) is 0 Å². The average molecular weight is 155 g/mol. The van der Waals surface area contributed by atoms with Gasteiger partial charge in [0.05, 0.1) is 6.61 Å². The minimum atomic E-state index is 0.259. The highest BCUT2D eigenvalue weighted by molar-refractivity contribution is 4.93. The van der Waals surface area contributed by atoms with Crippen molar-refractivity contribution in [3.05, 3.63) is 12.2 Å². The second-order valence-corrected chi connectivity index (χ2v) is 3.12. The molecule has 2 atom stereocenters. The van der Waals surface area contributed by atoms with Crippen molar-refractivity contribution in [2.24, 2.45) is 5.92 Å². The van der Waals surface area contributed by atoms with Crippen LogP contribution >= 0.6 is 0 Å². The van der Waals surface area contributed by atoms with Crippen LogP contribution in [0.3, 0.4) is 0 Å². The fourth-order valence-electron chi connectivity index (χ4n) is 1.66. The smallest absolute Gasteiger partial charge is 0.0587 e. The average Bonchev–Trinajstić information content (AvgIpc) is 2.09. The summed E-state index contributed by atoms with van der Waals surface area (Å²) in [6.45, 7) is 0.259. The Morgan fingerprint density at radius 1 is 1.64 bits per heavy atom. The predicted octanol–water partition coefficient (Wildman–Crippen LogP) is 0.923. The number of nitrogens with one attached hydrogen (secondary N) is 1. The molecular formula is C9H17NO. The molecule has 0 aromatic carbocycles. The molecule has 0 fully saturated rings. The number of allylic oxidation sites excluding steroid dienone is 2. The highest BCUT2D eigenvalue weighted by Gasteiger charge is 2.18. The van der Waals surface area contributed by atoms with Crippen LogP contribution in [0.4, 0.5) is 0 Å². The van der Waals surface area contributed by atoms with Gasteiger partial charge in [0.2, 0.25) is 0 Å². The summed E-state index contributed by atoms with van der Waals surface area (Å²) in [6.07, 6.45) is 7.94. The Balaban J connectivity index is 2.38. The molecule has 0 aromatic heterocycles. The van der Waals surface area contributed by atoms with Crippen molar-refractivity contribution >= 4 is 0 Å². The molecule has 1 aliphatic carbocycles. The normalized spacial score (nSPS) is 26.9. The van der Waals surface area contributed by atoms with E-state index in [1.807, 2.05) is 7.05 Å². The topological polar surface area (TPSA) is 32.3 Å². The summed E-state index contributed by atoms with van der Waals surface area (Å²) in [5.74, 6) is 0.634. The number of aliphatic hydroxyl groups is 1. The minimum absolute atomic E-state index is 0.259. The van der Waals surface area contributed by atoms with Gasteiger partial charge in [-0.25, -0.2) is 0 Å². The Kier molecular flexibility index (Phi) is 3.60. The maximum atomic E-state index is 8.99. The lowest BCUT2D eigenvalue weighted by molar-refractivity contribution is 0.198. The van der Waals surface area contributed by atoms with E-state index >= 15 is 0 Å². The van der Waals surface area contributed by atoms with E-state index in [0.717, 1.165) is 6.42 Å². The summed E-state index contributed by atoms with van der Waals surface area (Å²) >= 11 is 0. The molecule has 64 valence electrons. The highest BCUT2D eigenvalue weighted by Crippen LogP contribution is 2.21. The first-order valence-corrected chi connectivity index (χ1v) is 4.31. The summed E-state index contributed by atoms with van der Waals surface area (Å²) in [5, 5.41) is 12.1. The van der Waals surface area contributed by atoms with Crippen molar-refractivity contribution in [3.8, 4) is 0 Å². The van der Waals surface area contributed by atoms with Crippen LogP contribution in [0.1, 0.15) is 19.3 Å². The SMILES string of the molecule is CNC(CO)C1CC=CCC1. The number of aliphatic hydroxyl groups excluding tert-OH is 1. The summed E-state index contributed by atoms with van der Waals surface area (Å²) in [4.78, 5) is 0.